The molecule has 1 aliphatic heterocycles. The molecule has 0 radical (unpaired) electrons. The van der Waals surface area contributed by atoms with E-state index in [-0.39, 0.29) is 22.3 Å². The monoisotopic (exact) mass is 694 g/mol. The number of ether oxygens (including phenoxy) is 4. The lowest BCUT2D eigenvalue weighted by Crippen LogP contribution is -2.43. The Balaban J connectivity index is 1.57. The number of benzene rings is 3. The van der Waals surface area contributed by atoms with E-state index in [1.54, 1.807) is 72.8 Å². The Morgan fingerprint density at radius 1 is 0.740 bits per heavy atom. The maximum absolute atomic E-state index is 13.6. The highest BCUT2D eigenvalue weighted by atomic mass is 28.3. The number of carbonyl (C=O) groups is 3. The molecule has 1 fully saturated rings. The second-order valence-electron chi connectivity index (χ2n) is 13.2. The molecule has 0 saturated carbocycles. The standard InChI is InChI=1S/C38H38N2O9Si/c1-23-7-13-26(14-8-23)35(42)46-22-30-31(48-36(43)27-15-9-24(2)10-16-27)32(49-37(44)28-17-11-25(3)12-18-28)34(47-30)40-21-29(19-20-50(4,5)6)33(41)39-38(40)45/h7-18,21,30-32,34H,22H2,1-6H3,(H,39,41,45)/t30-,31-,32+,34-/m1/s1. The maximum Gasteiger partial charge on any atom is 0.338 e. The lowest BCUT2D eigenvalue weighted by atomic mass is 10.1. The van der Waals surface area contributed by atoms with Gasteiger partial charge in [-0.1, -0.05) is 78.7 Å². The molecule has 4 aromatic rings. The minimum Gasteiger partial charge on any atom is -0.459 e. The minimum atomic E-state index is -1.94. The molecule has 0 aliphatic carbocycles. The second kappa shape index (κ2) is 14.9. The van der Waals surface area contributed by atoms with Crippen LogP contribution in [0.2, 0.25) is 19.6 Å². The van der Waals surface area contributed by atoms with Crippen LogP contribution in [0, 0.1) is 32.2 Å². The van der Waals surface area contributed by atoms with Gasteiger partial charge in [-0.15, -0.1) is 5.54 Å². The van der Waals surface area contributed by atoms with Crippen LogP contribution >= 0.6 is 0 Å². The van der Waals surface area contributed by atoms with Gasteiger partial charge in [-0.05, 0) is 57.2 Å². The number of aromatic amines is 1. The summed E-state index contributed by atoms with van der Waals surface area (Å²) in [6, 6.07) is 20.0. The molecule has 12 heteroatoms. The van der Waals surface area contributed by atoms with E-state index in [2.05, 4.69) is 16.4 Å². The van der Waals surface area contributed by atoms with Crippen LogP contribution in [0.3, 0.4) is 0 Å². The van der Waals surface area contributed by atoms with Crippen LogP contribution in [-0.2, 0) is 18.9 Å². The molecule has 258 valence electrons. The molecule has 0 unspecified atom stereocenters. The van der Waals surface area contributed by atoms with Crippen molar-refractivity contribution in [2.45, 2.75) is 65.0 Å². The molecule has 4 atom stereocenters. The zero-order valence-corrected chi connectivity index (χ0v) is 29.6. The number of H-pyrrole nitrogens is 1. The smallest absolute Gasteiger partial charge is 0.338 e. The van der Waals surface area contributed by atoms with Crippen molar-refractivity contribution in [2.75, 3.05) is 6.61 Å². The minimum absolute atomic E-state index is 0.0123. The Labute approximate surface area is 290 Å². The predicted octanol–water partition coefficient (Wildman–Crippen LogP) is 4.90. The first kappa shape index (κ1) is 35.8. The van der Waals surface area contributed by atoms with Crippen molar-refractivity contribution in [2.24, 2.45) is 0 Å². The van der Waals surface area contributed by atoms with E-state index in [1.165, 1.54) is 6.20 Å². The normalized spacial score (nSPS) is 18.4. The summed E-state index contributed by atoms with van der Waals surface area (Å²) in [7, 11) is -1.94. The molecule has 1 aliphatic rings. The van der Waals surface area contributed by atoms with Gasteiger partial charge in [0.2, 0.25) is 0 Å². The highest BCUT2D eigenvalue weighted by Gasteiger charge is 2.51. The number of rotatable bonds is 8. The largest absolute Gasteiger partial charge is 0.459 e. The zero-order chi connectivity index (χ0) is 36.2. The Kier molecular flexibility index (Phi) is 10.7. The Morgan fingerprint density at radius 3 is 1.68 bits per heavy atom. The van der Waals surface area contributed by atoms with Crippen molar-refractivity contribution < 1.29 is 33.3 Å². The van der Waals surface area contributed by atoms with Crippen molar-refractivity contribution >= 4 is 26.0 Å². The van der Waals surface area contributed by atoms with E-state index < -0.39 is 68.4 Å². The summed E-state index contributed by atoms with van der Waals surface area (Å²) in [6.07, 6.45) is -4.23. The van der Waals surface area contributed by atoms with Gasteiger partial charge in [0.25, 0.3) is 5.56 Å². The number of nitrogens with zero attached hydrogens (tertiary/aromatic N) is 1. The molecule has 1 saturated heterocycles. The van der Waals surface area contributed by atoms with Gasteiger partial charge in [0, 0.05) is 6.20 Å². The Morgan fingerprint density at radius 2 is 1.20 bits per heavy atom. The van der Waals surface area contributed by atoms with Gasteiger partial charge in [-0.25, -0.2) is 19.2 Å². The van der Waals surface area contributed by atoms with E-state index in [4.69, 9.17) is 18.9 Å². The number of aryl methyl sites for hydroxylation is 3. The topological polar surface area (TPSA) is 143 Å². The van der Waals surface area contributed by atoms with E-state index >= 15 is 0 Å². The van der Waals surface area contributed by atoms with Crippen LogP contribution < -0.4 is 11.2 Å². The number of carbonyl (C=O) groups excluding carboxylic acids is 3. The number of aromatic nitrogens is 2. The Bertz CT molecular complexity index is 2070. The van der Waals surface area contributed by atoms with Gasteiger partial charge in [0.1, 0.15) is 26.3 Å². The molecule has 50 heavy (non-hydrogen) atoms. The van der Waals surface area contributed by atoms with E-state index in [1.807, 2.05) is 40.4 Å². The highest BCUT2D eigenvalue weighted by molar-refractivity contribution is 6.83. The van der Waals surface area contributed by atoms with Crippen LogP contribution in [0.4, 0.5) is 0 Å². The molecule has 1 aromatic heterocycles. The fourth-order valence-corrected chi connectivity index (χ4v) is 5.56. The van der Waals surface area contributed by atoms with Crippen LogP contribution in [-0.4, -0.2) is 60.5 Å². The van der Waals surface area contributed by atoms with E-state index in [9.17, 15) is 24.0 Å². The first-order valence-corrected chi connectivity index (χ1v) is 19.5. The molecular weight excluding hydrogens is 657 g/mol. The van der Waals surface area contributed by atoms with Crippen molar-refractivity contribution in [1.29, 1.82) is 0 Å². The maximum atomic E-state index is 13.6. The van der Waals surface area contributed by atoms with Gasteiger partial charge in [0.05, 0.1) is 16.7 Å². The number of hydrogen-bond donors (Lipinski definition) is 1. The van der Waals surface area contributed by atoms with Gasteiger partial charge in [-0.3, -0.25) is 14.3 Å². The third-order valence-corrected chi connectivity index (χ3v) is 8.70. The molecular formula is C38H38N2O9Si. The third kappa shape index (κ3) is 8.74. The Hall–Kier alpha value is -5.51. The zero-order valence-electron chi connectivity index (χ0n) is 28.6. The van der Waals surface area contributed by atoms with Crippen molar-refractivity contribution in [1.82, 2.24) is 9.55 Å². The van der Waals surface area contributed by atoms with Crippen LogP contribution in [0.1, 0.15) is 59.6 Å². The van der Waals surface area contributed by atoms with Crippen molar-refractivity contribution in [3.05, 3.63) is 139 Å². The van der Waals surface area contributed by atoms with Gasteiger partial charge >= 0.3 is 23.6 Å². The number of esters is 3. The summed E-state index contributed by atoms with van der Waals surface area (Å²) in [5.41, 5.74) is 4.98. The van der Waals surface area contributed by atoms with Crippen LogP contribution in [0.15, 0.2) is 88.6 Å². The van der Waals surface area contributed by atoms with Crippen molar-refractivity contribution in [3.63, 3.8) is 0 Å². The summed E-state index contributed by atoms with van der Waals surface area (Å²) in [5, 5.41) is 0. The molecule has 5 rings (SSSR count). The number of nitrogens with one attached hydrogen (secondary N) is 1. The predicted molar refractivity (Wildman–Crippen MR) is 188 cm³/mol. The fraction of sp³-hybridized carbons (Fsp3) is 0.289. The summed E-state index contributed by atoms with van der Waals surface area (Å²) >= 11 is 0. The summed E-state index contributed by atoms with van der Waals surface area (Å²) in [5.74, 6) is 0.649. The molecule has 11 nitrogen and oxygen atoms in total. The molecule has 1 N–H and O–H groups in total. The SMILES string of the molecule is Cc1ccc(C(=O)OC[C@H]2O[C@@H](n3cc(C#C[Si](C)(C)C)c(=O)[nH]c3=O)[C@@H](OC(=O)c3ccc(C)cc3)[C@@H]2OC(=O)c2ccc(C)cc2)cc1. The summed E-state index contributed by atoms with van der Waals surface area (Å²) in [6.45, 7) is 11.2. The fourth-order valence-electron chi connectivity index (χ4n) is 5.05. The highest BCUT2D eigenvalue weighted by Crippen LogP contribution is 2.35. The first-order valence-electron chi connectivity index (χ1n) is 16.0. The molecule has 0 bridgehead atoms. The van der Waals surface area contributed by atoms with E-state index in [0.717, 1.165) is 21.3 Å². The molecule has 0 spiro atoms. The van der Waals surface area contributed by atoms with Gasteiger partial charge in [0.15, 0.2) is 18.4 Å². The number of hydrogen-bond acceptors (Lipinski definition) is 9. The average Bonchev–Trinajstić information content (AvgIpc) is 3.39. The van der Waals surface area contributed by atoms with E-state index in [0.29, 0.717) is 0 Å². The molecule has 3 aromatic carbocycles. The average molecular weight is 695 g/mol. The lowest BCUT2D eigenvalue weighted by molar-refractivity contribution is -0.0640. The summed E-state index contributed by atoms with van der Waals surface area (Å²) in [4.78, 5) is 68.5. The second-order valence-corrected chi connectivity index (χ2v) is 18.0. The van der Waals surface area contributed by atoms with Crippen LogP contribution in [0.5, 0.6) is 0 Å². The first-order chi connectivity index (χ1) is 23.7. The van der Waals surface area contributed by atoms with Gasteiger partial charge in [-0.2, -0.15) is 0 Å². The lowest BCUT2D eigenvalue weighted by Gasteiger charge is -2.25. The summed E-state index contributed by atoms with van der Waals surface area (Å²) < 4.78 is 24.9. The molecule has 0 amide bonds. The van der Waals surface area contributed by atoms with Crippen molar-refractivity contribution in [3.8, 4) is 11.5 Å². The van der Waals surface area contributed by atoms with Gasteiger partial charge < -0.3 is 18.9 Å². The third-order valence-electron chi connectivity index (χ3n) is 7.83. The molecule has 2 heterocycles. The van der Waals surface area contributed by atoms with Crippen LogP contribution in [0.25, 0.3) is 0 Å². The quantitative estimate of drug-likeness (QED) is 0.118.